The van der Waals surface area contributed by atoms with E-state index in [1.165, 1.54) is 0 Å². The number of primary amides is 1. The first-order valence-electron chi connectivity index (χ1n) is 8.92. The molecule has 0 bridgehead atoms. The van der Waals surface area contributed by atoms with Gasteiger partial charge in [-0.15, -0.1) is 0 Å². The third-order valence-electron chi connectivity index (χ3n) is 3.70. The molecule has 0 aliphatic carbocycles. The number of aromatic nitrogens is 1. The minimum Gasteiger partial charge on any atom is -0.472 e. The van der Waals surface area contributed by atoms with Crippen LogP contribution >= 0.6 is 34.7 Å². The molecule has 0 aliphatic rings. The number of carbonyl (C=O) groups is 2. The maximum Gasteiger partial charge on any atom is 0.319 e. The fourth-order valence-corrected chi connectivity index (χ4v) is 3.41. The monoisotopic (exact) mass is 459 g/mol. The maximum absolute atomic E-state index is 12.1. The van der Waals surface area contributed by atoms with Gasteiger partial charge in [0.05, 0.1) is 0 Å². The van der Waals surface area contributed by atoms with Crippen LogP contribution in [-0.4, -0.2) is 35.4 Å². The average molecular weight is 460 g/mol. The largest absolute Gasteiger partial charge is 0.472 e. The number of carbonyl (C=O) groups excluding carboxylic acids is 2. The SMILES string of the molecule is CC(C)NCCCNC(=O)Nc1snc(OCc2cc(Cl)ccc2Cl)c1C(N)=O. The second-order valence-electron chi connectivity index (χ2n) is 6.42. The first-order chi connectivity index (χ1) is 13.8. The zero-order valence-electron chi connectivity index (χ0n) is 16.1. The van der Waals surface area contributed by atoms with Gasteiger partial charge in [-0.2, -0.15) is 4.37 Å². The molecule has 0 atom stereocenters. The highest BCUT2D eigenvalue weighted by atomic mass is 35.5. The number of ether oxygens (including phenoxy) is 1. The molecule has 0 unspecified atom stereocenters. The molecule has 8 nitrogen and oxygen atoms in total. The Labute approximate surface area is 183 Å². The summed E-state index contributed by atoms with van der Waals surface area (Å²) in [5.41, 5.74) is 6.08. The molecule has 1 aromatic carbocycles. The summed E-state index contributed by atoms with van der Waals surface area (Å²) in [6, 6.07) is 4.89. The molecule has 0 spiro atoms. The van der Waals surface area contributed by atoms with E-state index in [1.807, 2.05) is 0 Å². The van der Waals surface area contributed by atoms with E-state index in [4.69, 9.17) is 33.7 Å². The molecule has 0 fully saturated rings. The normalized spacial score (nSPS) is 10.8. The van der Waals surface area contributed by atoms with Crippen molar-refractivity contribution in [2.24, 2.45) is 5.73 Å². The molecule has 2 aromatic rings. The van der Waals surface area contributed by atoms with Crippen LogP contribution in [0.3, 0.4) is 0 Å². The Bertz CT molecular complexity index is 860. The molecule has 29 heavy (non-hydrogen) atoms. The predicted octanol–water partition coefficient (Wildman–Crippen LogP) is 3.64. The Morgan fingerprint density at radius 1 is 1.28 bits per heavy atom. The van der Waals surface area contributed by atoms with Gasteiger partial charge in [0.1, 0.15) is 17.2 Å². The van der Waals surface area contributed by atoms with E-state index in [-0.39, 0.29) is 23.1 Å². The summed E-state index contributed by atoms with van der Waals surface area (Å²) in [7, 11) is 0. The highest BCUT2D eigenvalue weighted by Gasteiger charge is 2.22. The van der Waals surface area contributed by atoms with Crippen LogP contribution in [0.1, 0.15) is 36.2 Å². The second kappa shape index (κ2) is 11.2. The number of nitrogens with two attached hydrogens (primary N) is 1. The molecule has 11 heteroatoms. The van der Waals surface area contributed by atoms with Gasteiger partial charge in [0.25, 0.3) is 5.91 Å². The highest BCUT2D eigenvalue weighted by Crippen LogP contribution is 2.31. The topological polar surface area (TPSA) is 118 Å². The lowest BCUT2D eigenvalue weighted by Crippen LogP contribution is -2.32. The Morgan fingerprint density at radius 3 is 2.72 bits per heavy atom. The van der Waals surface area contributed by atoms with Crippen molar-refractivity contribution in [3.63, 3.8) is 0 Å². The van der Waals surface area contributed by atoms with Crippen LogP contribution in [0.2, 0.25) is 10.0 Å². The third-order valence-corrected chi connectivity index (χ3v) is 5.05. The van der Waals surface area contributed by atoms with Crippen molar-refractivity contribution < 1.29 is 14.3 Å². The van der Waals surface area contributed by atoms with Gasteiger partial charge in [-0.05, 0) is 42.7 Å². The van der Waals surface area contributed by atoms with Crippen molar-refractivity contribution in [1.82, 2.24) is 15.0 Å². The Kier molecular flexibility index (Phi) is 8.97. The van der Waals surface area contributed by atoms with Crippen molar-refractivity contribution in [2.45, 2.75) is 32.9 Å². The lowest BCUT2D eigenvalue weighted by Gasteiger charge is -2.10. The molecular formula is C18H23Cl2N5O3S. The van der Waals surface area contributed by atoms with Crippen molar-refractivity contribution in [3.8, 4) is 5.88 Å². The number of benzene rings is 1. The first-order valence-corrected chi connectivity index (χ1v) is 10.4. The van der Waals surface area contributed by atoms with Gasteiger partial charge in [0.15, 0.2) is 0 Å². The summed E-state index contributed by atoms with van der Waals surface area (Å²) in [5, 5.41) is 9.74. The molecule has 5 N–H and O–H groups in total. The molecule has 0 saturated carbocycles. The number of hydrogen-bond donors (Lipinski definition) is 4. The van der Waals surface area contributed by atoms with Crippen LogP contribution in [0.4, 0.5) is 9.80 Å². The Balaban J connectivity index is 1.96. The summed E-state index contributed by atoms with van der Waals surface area (Å²) < 4.78 is 9.67. The minimum absolute atomic E-state index is 0.00442. The van der Waals surface area contributed by atoms with Crippen molar-refractivity contribution in [1.29, 1.82) is 0 Å². The average Bonchev–Trinajstić information content (AvgIpc) is 3.04. The zero-order valence-corrected chi connectivity index (χ0v) is 18.4. The summed E-state index contributed by atoms with van der Waals surface area (Å²) in [5.74, 6) is -0.739. The van der Waals surface area contributed by atoms with E-state index >= 15 is 0 Å². The van der Waals surface area contributed by atoms with Crippen LogP contribution < -0.4 is 26.4 Å². The number of urea groups is 1. The number of halogens is 2. The number of rotatable bonds is 10. The van der Waals surface area contributed by atoms with Crippen LogP contribution in [-0.2, 0) is 6.61 Å². The van der Waals surface area contributed by atoms with Crippen LogP contribution in [0.15, 0.2) is 18.2 Å². The number of nitrogens with zero attached hydrogens (tertiary/aromatic N) is 1. The minimum atomic E-state index is -0.762. The van der Waals surface area contributed by atoms with Gasteiger partial charge in [-0.1, -0.05) is 37.0 Å². The van der Waals surface area contributed by atoms with Gasteiger partial charge >= 0.3 is 6.03 Å². The molecular weight excluding hydrogens is 437 g/mol. The number of hydrogen-bond acceptors (Lipinski definition) is 6. The first kappa shape index (κ1) is 23.2. The van der Waals surface area contributed by atoms with Crippen LogP contribution in [0.25, 0.3) is 0 Å². The summed E-state index contributed by atoms with van der Waals surface area (Å²) >= 11 is 13.0. The van der Waals surface area contributed by atoms with E-state index in [0.29, 0.717) is 28.2 Å². The molecule has 1 aromatic heterocycles. The standard InChI is InChI=1S/C18H23Cl2N5O3S/c1-10(2)22-6-3-7-23-18(27)24-17-14(15(21)26)16(25-29-17)28-9-11-8-12(19)4-5-13(11)20/h4-5,8,10,22H,3,6-7,9H2,1-2H3,(H2,21,26)(H2,23,24,27). The molecule has 0 aliphatic heterocycles. The Morgan fingerprint density at radius 2 is 2.03 bits per heavy atom. The van der Waals surface area contributed by atoms with Gasteiger partial charge in [-0.3, -0.25) is 10.1 Å². The summed E-state index contributed by atoms with van der Waals surface area (Å²) in [6.45, 7) is 5.41. The van der Waals surface area contributed by atoms with Crippen LogP contribution in [0, 0.1) is 0 Å². The number of nitrogens with one attached hydrogen (secondary N) is 3. The lowest BCUT2D eigenvalue weighted by molar-refractivity contribution is 0.0996. The number of anilines is 1. The summed E-state index contributed by atoms with van der Waals surface area (Å²) in [6.07, 6.45) is 0.770. The quantitative estimate of drug-likeness (QED) is 0.404. The molecule has 0 radical (unpaired) electrons. The fraction of sp³-hybridized carbons (Fsp3) is 0.389. The van der Waals surface area contributed by atoms with Gasteiger partial charge < -0.3 is 21.1 Å². The molecule has 2 rings (SSSR count). The van der Waals surface area contributed by atoms with Crippen LogP contribution in [0.5, 0.6) is 5.88 Å². The predicted molar refractivity (Wildman–Crippen MR) is 116 cm³/mol. The van der Waals surface area contributed by atoms with E-state index in [1.54, 1.807) is 18.2 Å². The van der Waals surface area contributed by atoms with Gasteiger partial charge in [0.2, 0.25) is 5.88 Å². The van der Waals surface area contributed by atoms with Gasteiger partial charge in [0, 0.05) is 28.2 Å². The molecule has 0 saturated heterocycles. The van der Waals surface area contributed by atoms with Crippen molar-refractivity contribution in [3.05, 3.63) is 39.4 Å². The van der Waals surface area contributed by atoms with E-state index in [0.717, 1.165) is 24.5 Å². The van der Waals surface area contributed by atoms with Crippen molar-refractivity contribution in [2.75, 3.05) is 18.4 Å². The van der Waals surface area contributed by atoms with Crippen molar-refractivity contribution >= 4 is 51.7 Å². The van der Waals surface area contributed by atoms with Gasteiger partial charge in [-0.25, -0.2) is 4.79 Å². The lowest BCUT2D eigenvalue weighted by atomic mass is 10.2. The Hall–Kier alpha value is -2.07. The highest BCUT2D eigenvalue weighted by molar-refractivity contribution is 7.11. The molecule has 3 amide bonds. The third kappa shape index (κ3) is 7.36. The zero-order chi connectivity index (χ0) is 21.4. The number of amides is 3. The molecule has 1 heterocycles. The fourth-order valence-electron chi connectivity index (χ4n) is 2.31. The molecule has 158 valence electrons. The second-order valence-corrected chi connectivity index (χ2v) is 8.04. The maximum atomic E-state index is 12.1. The smallest absolute Gasteiger partial charge is 0.319 e. The summed E-state index contributed by atoms with van der Waals surface area (Å²) in [4.78, 5) is 23.9. The van der Waals surface area contributed by atoms with E-state index in [2.05, 4.69) is 34.2 Å². The van der Waals surface area contributed by atoms with E-state index < -0.39 is 11.9 Å². The van der Waals surface area contributed by atoms with E-state index in [9.17, 15) is 9.59 Å².